The number of amides is 1. The number of likely N-dealkylation sites (tertiary alicyclic amines) is 1. The summed E-state index contributed by atoms with van der Waals surface area (Å²) >= 11 is 6.03. The second-order valence-corrected chi connectivity index (χ2v) is 6.69. The first-order chi connectivity index (χ1) is 10.0. The molecule has 1 saturated heterocycles. The third-order valence-corrected chi connectivity index (χ3v) is 4.35. The van der Waals surface area contributed by atoms with Crippen LogP contribution in [-0.2, 0) is 11.3 Å². The molecule has 1 aliphatic rings. The fourth-order valence-electron chi connectivity index (χ4n) is 3.26. The van der Waals surface area contributed by atoms with E-state index >= 15 is 0 Å². The number of aromatic nitrogens is 2. The maximum Gasteiger partial charge on any atom is 0.244 e. The SMILES string of the molecule is C[C@@H]1C[C@@H](C)CN(C(=O)Cn2ncc3ccc(Cl)cc32)C1. The molecule has 5 heteroatoms. The van der Waals surface area contributed by atoms with Gasteiger partial charge in [0, 0.05) is 23.5 Å². The highest BCUT2D eigenvalue weighted by molar-refractivity contribution is 6.31. The van der Waals surface area contributed by atoms with Crippen LogP contribution in [0.25, 0.3) is 10.9 Å². The number of hydrogen-bond donors (Lipinski definition) is 0. The first-order valence-corrected chi connectivity index (χ1v) is 7.79. The monoisotopic (exact) mass is 305 g/mol. The lowest BCUT2D eigenvalue weighted by Crippen LogP contribution is -2.44. The van der Waals surface area contributed by atoms with Gasteiger partial charge in [-0.15, -0.1) is 0 Å². The lowest BCUT2D eigenvalue weighted by molar-refractivity contribution is -0.134. The van der Waals surface area contributed by atoms with Crippen LogP contribution in [0.4, 0.5) is 0 Å². The molecule has 0 bridgehead atoms. The molecule has 1 fully saturated rings. The summed E-state index contributed by atoms with van der Waals surface area (Å²) in [5.41, 5.74) is 0.911. The molecule has 1 amide bonds. The van der Waals surface area contributed by atoms with E-state index in [-0.39, 0.29) is 12.5 Å². The zero-order chi connectivity index (χ0) is 15.0. The topological polar surface area (TPSA) is 38.1 Å². The van der Waals surface area contributed by atoms with E-state index in [1.165, 1.54) is 6.42 Å². The molecule has 21 heavy (non-hydrogen) atoms. The molecule has 0 spiro atoms. The zero-order valence-electron chi connectivity index (χ0n) is 12.4. The predicted molar refractivity (Wildman–Crippen MR) is 84.3 cm³/mol. The minimum Gasteiger partial charge on any atom is -0.341 e. The van der Waals surface area contributed by atoms with Crippen molar-refractivity contribution in [2.45, 2.75) is 26.8 Å². The predicted octanol–water partition coefficient (Wildman–Crippen LogP) is 3.19. The van der Waals surface area contributed by atoms with E-state index < -0.39 is 0 Å². The Labute approximate surface area is 129 Å². The summed E-state index contributed by atoms with van der Waals surface area (Å²) in [6.07, 6.45) is 2.98. The van der Waals surface area contributed by atoms with Crippen LogP contribution in [0.2, 0.25) is 5.02 Å². The van der Waals surface area contributed by atoms with Crippen molar-refractivity contribution in [2.75, 3.05) is 13.1 Å². The number of carbonyl (C=O) groups is 1. The molecule has 1 aromatic heterocycles. The third-order valence-electron chi connectivity index (χ3n) is 4.11. The largest absolute Gasteiger partial charge is 0.341 e. The molecule has 2 atom stereocenters. The Morgan fingerprint density at radius 1 is 1.33 bits per heavy atom. The van der Waals surface area contributed by atoms with Gasteiger partial charge in [-0.1, -0.05) is 25.4 Å². The summed E-state index contributed by atoms with van der Waals surface area (Å²) in [5.74, 6) is 1.28. The van der Waals surface area contributed by atoms with E-state index in [0.717, 1.165) is 24.0 Å². The summed E-state index contributed by atoms with van der Waals surface area (Å²) < 4.78 is 1.74. The van der Waals surface area contributed by atoms with Gasteiger partial charge in [0.15, 0.2) is 0 Å². The highest BCUT2D eigenvalue weighted by Gasteiger charge is 2.25. The van der Waals surface area contributed by atoms with Gasteiger partial charge in [-0.3, -0.25) is 9.48 Å². The Morgan fingerprint density at radius 2 is 2.05 bits per heavy atom. The van der Waals surface area contributed by atoms with Gasteiger partial charge in [-0.05, 0) is 36.5 Å². The lowest BCUT2D eigenvalue weighted by atomic mass is 9.92. The molecule has 112 valence electrons. The zero-order valence-corrected chi connectivity index (χ0v) is 13.2. The molecule has 1 aliphatic heterocycles. The van der Waals surface area contributed by atoms with Crippen LogP contribution in [0.15, 0.2) is 24.4 Å². The molecule has 0 saturated carbocycles. The second-order valence-electron chi connectivity index (χ2n) is 6.25. The summed E-state index contributed by atoms with van der Waals surface area (Å²) in [6, 6.07) is 5.63. The molecule has 3 rings (SSSR count). The number of halogens is 1. The van der Waals surface area contributed by atoms with E-state index in [2.05, 4.69) is 18.9 Å². The molecular formula is C16H20ClN3O. The summed E-state index contributed by atoms with van der Waals surface area (Å²) in [7, 11) is 0. The van der Waals surface area contributed by atoms with E-state index in [1.807, 2.05) is 23.1 Å². The number of fused-ring (bicyclic) bond motifs is 1. The van der Waals surface area contributed by atoms with Crippen LogP contribution in [0.1, 0.15) is 20.3 Å². The van der Waals surface area contributed by atoms with Gasteiger partial charge >= 0.3 is 0 Å². The maximum atomic E-state index is 12.5. The Balaban J connectivity index is 1.78. The quantitative estimate of drug-likeness (QED) is 0.854. The molecule has 4 nitrogen and oxygen atoms in total. The number of nitrogens with zero attached hydrogens (tertiary/aromatic N) is 3. The van der Waals surface area contributed by atoms with Crippen molar-refractivity contribution in [3.8, 4) is 0 Å². The number of benzene rings is 1. The molecule has 0 unspecified atom stereocenters. The van der Waals surface area contributed by atoms with Gasteiger partial charge in [-0.25, -0.2) is 0 Å². The van der Waals surface area contributed by atoms with Crippen molar-refractivity contribution in [1.29, 1.82) is 0 Å². The Morgan fingerprint density at radius 3 is 2.76 bits per heavy atom. The fraction of sp³-hybridized carbons (Fsp3) is 0.500. The number of carbonyl (C=O) groups excluding carboxylic acids is 1. The summed E-state index contributed by atoms with van der Waals surface area (Å²) in [4.78, 5) is 14.5. The summed E-state index contributed by atoms with van der Waals surface area (Å²) in [5, 5.41) is 5.99. The van der Waals surface area contributed by atoms with Crippen LogP contribution in [0.5, 0.6) is 0 Å². The van der Waals surface area contributed by atoms with Crippen LogP contribution in [0.3, 0.4) is 0 Å². The van der Waals surface area contributed by atoms with E-state index in [4.69, 9.17) is 11.6 Å². The second kappa shape index (κ2) is 5.68. The summed E-state index contributed by atoms with van der Waals surface area (Å²) in [6.45, 7) is 6.40. The first kappa shape index (κ1) is 14.4. The van der Waals surface area contributed by atoms with Crippen molar-refractivity contribution in [3.63, 3.8) is 0 Å². The molecular weight excluding hydrogens is 286 g/mol. The van der Waals surface area contributed by atoms with E-state index in [0.29, 0.717) is 16.9 Å². The first-order valence-electron chi connectivity index (χ1n) is 7.42. The van der Waals surface area contributed by atoms with Gasteiger partial charge in [0.1, 0.15) is 6.54 Å². The molecule has 2 aromatic rings. The van der Waals surface area contributed by atoms with Crippen LogP contribution in [0, 0.1) is 11.8 Å². The molecule has 0 radical (unpaired) electrons. The van der Waals surface area contributed by atoms with Crippen LogP contribution < -0.4 is 0 Å². The van der Waals surface area contributed by atoms with E-state index in [9.17, 15) is 4.79 Å². The average molecular weight is 306 g/mol. The van der Waals surface area contributed by atoms with Crippen molar-refractivity contribution in [2.24, 2.45) is 11.8 Å². The highest BCUT2D eigenvalue weighted by atomic mass is 35.5. The Bertz CT molecular complexity index is 657. The minimum absolute atomic E-state index is 0.137. The normalized spacial score (nSPS) is 22.7. The van der Waals surface area contributed by atoms with Crippen molar-refractivity contribution < 1.29 is 4.79 Å². The maximum absolute atomic E-state index is 12.5. The Hall–Kier alpha value is -1.55. The van der Waals surface area contributed by atoms with Crippen molar-refractivity contribution >= 4 is 28.4 Å². The standard InChI is InChI=1S/C16H20ClN3O/c1-11-5-12(2)9-19(8-11)16(21)10-20-15-6-14(17)4-3-13(15)7-18-20/h3-4,6-7,11-12H,5,8-10H2,1-2H3/t11-,12-/m1/s1. The molecule has 0 N–H and O–H groups in total. The van der Waals surface area contributed by atoms with Crippen LogP contribution >= 0.6 is 11.6 Å². The minimum atomic E-state index is 0.137. The van der Waals surface area contributed by atoms with Gasteiger partial charge in [0.2, 0.25) is 5.91 Å². The van der Waals surface area contributed by atoms with Crippen molar-refractivity contribution in [3.05, 3.63) is 29.4 Å². The average Bonchev–Trinajstić information content (AvgIpc) is 2.80. The van der Waals surface area contributed by atoms with Crippen LogP contribution in [-0.4, -0.2) is 33.7 Å². The third kappa shape index (κ3) is 3.05. The Kier molecular flexibility index (Phi) is 3.89. The van der Waals surface area contributed by atoms with Gasteiger partial charge in [-0.2, -0.15) is 5.10 Å². The lowest BCUT2D eigenvalue weighted by Gasteiger charge is -2.35. The smallest absolute Gasteiger partial charge is 0.244 e. The van der Waals surface area contributed by atoms with Gasteiger partial charge in [0.05, 0.1) is 11.7 Å². The fourth-order valence-corrected chi connectivity index (χ4v) is 3.43. The molecule has 0 aliphatic carbocycles. The van der Waals surface area contributed by atoms with Gasteiger partial charge < -0.3 is 4.90 Å². The number of piperidine rings is 1. The number of rotatable bonds is 2. The van der Waals surface area contributed by atoms with E-state index in [1.54, 1.807) is 10.9 Å². The van der Waals surface area contributed by atoms with Gasteiger partial charge in [0.25, 0.3) is 0 Å². The highest BCUT2D eigenvalue weighted by Crippen LogP contribution is 2.22. The van der Waals surface area contributed by atoms with Crippen molar-refractivity contribution in [1.82, 2.24) is 14.7 Å². The molecule has 2 heterocycles. The number of hydrogen-bond acceptors (Lipinski definition) is 2. The molecule has 1 aromatic carbocycles.